The molecule has 0 aliphatic carbocycles. The first-order valence-electron chi connectivity index (χ1n) is 6.56. The van der Waals surface area contributed by atoms with Crippen LogP contribution in [-0.4, -0.2) is 24.9 Å². The minimum atomic E-state index is -0.332. The Morgan fingerprint density at radius 2 is 1.95 bits per heavy atom. The lowest BCUT2D eigenvalue weighted by atomic mass is 10.1. The van der Waals surface area contributed by atoms with Crippen molar-refractivity contribution in [2.45, 2.75) is 20.8 Å². The van der Waals surface area contributed by atoms with E-state index in [0.717, 1.165) is 5.56 Å². The molecule has 0 saturated heterocycles. The van der Waals surface area contributed by atoms with Gasteiger partial charge in [0.05, 0.1) is 17.8 Å². The predicted octanol–water partition coefficient (Wildman–Crippen LogP) is 0.783. The molecule has 0 unspecified atom stereocenters. The predicted molar refractivity (Wildman–Crippen MR) is 79.2 cm³/mol. The molecular formula is C14H22N4O2. The van der Waals surface area contributed by atoms with Gasteiger partial charge in [-0.15, -0.1) is 0 Å². The van der Waals surface area contributed by atoms with E-state index in [1.807, 2.05) is 26.8 Å². The van der Waals surface area contributed by atoms with Crippen LogP contribution in [0.15, 0.2) is 18.2 Å². The number of hydrazine groups is 1. The molecule has 0 aliphatic heterocycles. The summed E-state index contributed by atoms with van der Waals surface area (Å²) < 4.78 is 0. The van der Waals surface area contributed by atoms with Gasteiger partial charge in [-0.1, -0.05) is 25.5 Å². The molecule has 0 fully saturated rings. The lowest BCUT2D eigenvalue weighted by Crippen LogP contribution is -2.38. The summed E-state index contributed by atoms with van der Waals surface area (Å²) >= 11 is 0. The standard InChI is InChI=1S/C14H22N4O2/c1-9(2)7-16-13(19)8-17-14(20)11-6-10(3)4-5-12(11)18-15/h4-6,9,18H,7-8,15H2,1-3H3,(H,16,19)(H,17,20). The third-order valence-corrected chi connectivity index (χ3v) is 2.69. The van der Waals surface area contributed by atoms with Crippen LogP contribution in [0.1, 0.15) is 29.8 Å². The lowest BCUT2D eigenvalue weighted by Gasteiger charge is -2.11. The number of hydrogen-bond acceptors (Lipinski definition) is 4. The van der Waals surface area contributed by atoms with Crippen molar-refractivity contribution in [3.05, 3.63) is 29.3 Å². The Balaban J connectivity index is 2.59. The SMILES string of the molecule is Cc1ccc(NN)c(C(=O)NCC(=O)NCC(C)C)c1. The van der Waals surface area contributed by atoms with Gasteiger partial charge < -0.3 is 16.1 Å². The second kappa shape index (κ2) is 7.49. The van der Waals surface area contributed by atoms with Crippen LogP contribution in [0.4, 0.5) is 5.69 Å². The normalized spacial score (nSPS) is 10.2. The summed E-state index contributed by atoms with van der Waals surface area (Å²) in [5, 5.41) is 5.31. The second-order valence-electron chi connectivity index (χ2n) is 5.07. The number of carbonyl (C=O) groups excluding carboxylic acids is 2. The van der Waals surface area contributed by atoms with Crippen molar-refractivity contribution >= 4 is 17.5 Å². The molecule has 2 amide bonds. The minimum absolute atomic E-state index is 0.0521. The largest absolute Gasteiger partial charge is 0.354 e. The van der Waals surface area contributed by atoms with Gasteiger partial charge >= 0.3 is 0 Å². The van der Waals surface area contributed by atoms with E-state index in [9.17, 15) is 9.59 Å². The summed E-state index contributed by atoms with van der Waals surface area (Å²) in [6.07, 6.45) is 0. The highest BCUT2D eigenvalue weighted by molar-refractivity contribution is 6.01. The van der Waals surface area contributed by atoms with Crippen molar-refractivity contribution in [1.29, 1.82) is 0 Å². The van der Waals surface area contributed by atoms with Crippen molar-refractivity contribution < 1.29 is 9.59 Å². The molecule has 6 nitrogen and oxygen atoms in total. The Morgan fingerprint density at radius 3 is 2.55 bits per heavy atom. The maximum atomic E-state index is 12.0. The fourth-order valence-corrected chi connectivity index (χ4v) is 1.61. The summed E-state index contributed by atoms with van der Waals surface area (Å²) in [5.41, 5.74) is 4.36. The molecule has 0 atom stereocenters. The highest BCUT2D eigenvalue weighted by atomic mass is 16.2. The average Bonchev–Trinajstić information content (AvgIpc) is 2.42. The molecule has 0 heterocycles. The zero-order valence-corrected chi connectivity index (χ0v) is 12.1. The highest BCUT2D eigenvalue weighted by Crippen LogP contribution is 2.15. The van der Waals surface area contributed by atoms with Gasteiger partial charge in [0.2, 0.25) is 5.91 Å². The first kappa shape index (κ1) is 16.0. The van der Waals surface area contributed by atoms with E-state index in [1.165, 1.54) is 0 Å². The zero-order chi connectivity index (χ0) is 15.1. The molecule has 6 heteroatoms. The zero-order valence-electron chi connectivity index (χ0n) is 12.1. The summed E-state index contributed by atoms with van der Waals surface area (Å²) in [5.74, 6) is 5.20. The van der Waals surface area contributed by atoms with Crippen LogP contribution in [0.25, 0.3) is 0 Å². The molecule has 1 aromatic rings. The number of aryl methyl sites for hydroxylation is 1. The fourth-order valence-electron chi connectivity index (χ4n) is 1.61. The van der Waals surface area contributed by atoms with Crippen LogP contribution in [0.3, 0.4) is 0 Å². The van der Waals surface area contributed by atoms with Gasteiger partial charge in [-0.25, -0.2) is 0 Å². The minimum Gasteiger partial charge on any atom is -0.354 e. The van der Waals surface area contributed by atoms with Gasteiger partial charge in [-0.3, -0.25) is 15.4 Å². The summed E-state index contributed by atoms with van der Waals surface area (Å²) in [7, 11) is 0. The molecule has 1 aromatic carbocycles. The molecule has 20 heavy (non-hydrogen) atoms. The molecule has 0 aliphatic rings. The van der Waals surface area contributed by atoms with Crippen LogP contribution >= 0.6 is 0 Å². The summed E-state index contributed by atoms with van der Waals surface area (Å²) in [4.78, 5) is 23.6. The van der Waals surface area contributed by atoms with E-state index >= 15 is 0 Å². The number of nitrogen functional groups attached to an aromatic ring is 1. The third-order valence-electron chi connectivity index (χ3n) is 2.69. The number of nitrogens with one attached hydrogen (secondary N) is 3. The maximum Gasteiger partial charge on any atom is 0.253 e. The molecule has 1 rings (SSSR count). The Bertz CT molecular complexity index is 486. The average molecular weight is 278 g/mol. The van der Waals surface area contributed by atoms with Crippen molar-refractivity contribution in [1.82, 2.24) is 10.6 Å². The van der Waals surface area contributed by atoms with Crippen LogP contribution < -0.4 is 21.9 Å². The summed E-state index contributed by atoms with van der Waals surface area (Å²) in [6, 6.07) is 5.29. The number of anilines is 1. The number of nitrogens with two attached hydrogens (primary N) is 1. The van der Waals surface area contributed by atoms with Gasteiger partial charge in [-0.2, -0.15) is 0 Å². The van der Waals surface area contributed by atoms with Crippen LogP contribution in [-0.2, 0) is 4.79 Å². The van der Waals surface area contributed by atoms with Gasteiger partial charge in [0.1, 0.15) is 0 Å². The molecule has 110 valence electrons. The lowest BCUT2D eigenvalue weighted by molar-refractivity contribution is -0.120. The van der Waals surface area contributed by atoms with Crippen LogP contribution in [0, 0.1) is 12.8 Å². The van der Waals surface area contributed by atoms with E-state index in [1.54, 1.807) is 12.1 Å². The molecule has 0 radical (unpaired) electrons. The van der Waals surface area contributed by atoms with Crippen molar-refractivity contribution in [3.8, 4) is 0 Å². The molecule has 0 aromatic heterocycles. The fraction of sp³-hybridized carbons (Fsp3) is 0.429. The Labute approximate surface area is 119 Å². The van der Waals surface area contributed by atoms with Crippen LogP contribution in [0.2, 0.25) is 0 Å². The van der Waals surface area contributed by atoms with Gasteiger partial charge in [0.15, 0.2) is 0 Å². The monoisotopic (exact) mass is 278 g/mol. The first-order chi connectivity index (χ1) is 9.43. The second-order valence-corrected chi connectivity index (χ2v) is 5.07. The van der Waals surface area contributed by atoms with E-state index < -0.39 is 0 Å². The Kier molecular flexibility index (Phi) is 5.99. The van der Waals surface area contributed by atoms with Gasteiger partial charge in [0, 0.05) is 6.54 Å². The molecule has 5 N–H and O–H groups in total. The van der Waals surface area contributed by atoms with Gasteiger partial charge in [-0.05, 0) is 25.0 Å². The summed E-state index contributed by atoms with van der Waals surface area (Å²) in [6.45, 7) is 6.43. The number of benzene rings is 1. The number of hydrogen-bond donors (Lipinski definition) is 4. The van der Waals surface area contributed by atoms with Crippen LogP contribution in [0.5, 0.6) is 0 Å². The molecule has 0 saturated carbocycles. The third kappa shape index (κ3) is 4.89. The Hall–Kier alpha value is -2.08. The molecular weight excluding hydrogens is 256 g/mol. The Morgan fingerprint density at radius 1 is 1.25 bits per heavy atom. The highest BCUT2D eigenvalue weighted by Gasteiger charge is 2.12. The first-order valence-corrected chi connectivity index (χ1v) is 6.56. The van der Waals surface area contributed by atoms with E-state index in [4.69, 9.17) is 5.84 Å². The quantitative estimate of drug-likeness (QED) is 0.457. The van der Waals surface area contributed by atoms with Crippen molar-refractivity contribution in [2.24, 2.45) is 11.8 Å². The molecule has 0 bridgehead atoms. The smallest absolute Gasteiger partial charge is 0.253 e. The number of carbonyl (C=O) groups is 2. The molecule has 0 spiro atoms. The van der Waals surface area contributed by atoms with E-state index in [2.05, 4.69) is 16.1 Å². The van der Waals surface area contributed by atoms with Crippen molar-refractivity contribution in [3.63, 3.8) is 0 Å². The van der Waals surface area contributed by atoms with Crippen molar-refractivity contribution in [2.75, 3.05) is 18.5 Å². The van der Waals surface area contributed by atoms with E-state index in [-0.39, 0.29) is 18.4 Å². The maximum absolute atomic E-state index is 12.0. The number of amides is 2. The topological polar surface area (TPSA) is 96.2 Å². The van der Waals surface area contributed by atoms with Gasteiger partial charge in [0.25, 0.3) is 5.91 Å². The number of rotatable bonds is 6. The van der Waals surface area contributed by atoms with E-state index in [0.29, 0.717) is 23.7 Å².